The van der Waals surface area contributed by atoms with Crippen LogP contribution < -0.4 is 0 Å². The number of carboxylic acids is 2. The molecule has 2 aliphatic rings. The summed E-state index contributed by atoms with van der Waals surface area (Å²) < 4.78 is 11.6. The number of aryl methyl sites for hydroxylation is 2. The van der Waals surface area contributed by atoms with Gasteiger partial charge < -0.3 is 29.7 Å². The summed E-state index contributed by atoms with van der Waals surface area (Å²) >= 11 is 0. The Kier molecular flexibility index (Phi) is 9.51. The van der Waals surface area contributed by atoms with Crippen molar-refractivity contribution in [1.82, 2.24) is 19.9 Å². The zero-order valence-corrected chi connectivity index (χ0v) is 27.9. The van der Waals surface area contributed by atoms with E-state index in [0.29, 0.717) is 18.5 Å². The highest BCUT2D eigenvalue weighted by Gasteiger charge is 2.30. The number of allylic oxidation sites excluding steroid dienone is 2. The highest BCUT2D eigenvalue weighted by atomic mass is 16.5. The van der Waals surface area contributed by atoms with Crippen molar-refractivity contribution in [2.45, 2.75) is 91.3 Å². The van der Waals surface area contributed by atoms with Crippen LogP contribution in [0.2, 0.25) is 0 Å². The van der Waals surface area contributed by atoms with Gasteiger partial charge in [-0.1, -0.05) is 6.92 Å². The van der Waals surface area contributed by atoms with Crippen LogP contribution in [0.4, 0.5) is 0 Å². The molecule has 0 saturated carbocycles. The van der Waals surface area contributed by atoms with Crippen molar-refractivity contribution in [2.75, 3.05) is 14.2 Å². The topological polar surface area (TPSA) is 150 Å². The van der Waals surface area contributed by atoms with E-state index in [2.05, 4.69) is 42.9 Å². The fraction of sp³-hybridized carbons (Fsp3) is 0.444. The second-order valence-electron chi connectivity index (χ2n) is 12.5. The minimum atomic E-state index is -0.883. The molecule has 2 aliphatic heterocycles. The first-order valence-corrected chi connectivity index (χ1v) is 15.8. The van der Waals surface area contributed by atoms with E-state index in [-0.39, 0.29) is 36.9 Å². The molecule has 4 unspecified atom stereocenters. The summed E-state index contributed by atoms with van der Waals surface area (Å²) in [5.41, 5.74) is 12.5. The standard InChI is InChI=1S/C36H44N4O6/c1-17-23(9-11-33(41)42)29-16-30-24(10-12-34(43)44)18(2)26(38-30)14-31-36(22(6)46-8)20(4)28(40-31)15-32-35(21(5)45-7)19(3)27(39-32)13-25(17)37-29/h13-17,21-23,39-40H,9-12H2,1-8H3,(H,41,42)(H,43,44). The Labute approximate surface area is 268 Å². The fourth-order valence-corrected chi connectivity index (χ4v) is 6.89. The average Bonchev–Trinajstić information content (AvgIpc) is 3.67. The van der Waals surface area contributed by atoms with E-state index in [1.165, 1.54) is 0 Å². The summed E-state index contributed by atoms with van der Waals surface area (Å²) in [7, 11) is 3.39. The number of aromatic nitrogens is 4. The first-order valence-electron chi connectivity index (χ1n) is 15.8. The van der Waals surface area contributed by atoms with E-state index in [0.717, 1.165) is 72.5 Å². The maximum Gasteiger partial charge on any atom is 0.303 e. The summed E-state index contributed by atoms with van der Waals surface area (Å²) in [4.78, 5) is 40.7. The zero-order valence-electron chi connectivity index (χ0n) is 27.9. The molecule has 244 valence electrons. The van der Waals surface area contributed by atoms with Gasteiger partial charge in [-0.3, -0.25) is 14.6 Å². The van der Waals surface area contributed by atoms with Gasteiger partial charge in [0.05, 0.1) is 23.6 Å². The Bertz CT molecular complexity index is 1880. The van der Waals surface area contributed by atoms with Crippen molar-refractivity contribution >= 4 is 45.2 Å². The number of fused-ring (bicyclic) bond motifs is 8. The molecule has 0 aromatic carbocycles. The molecule has 0 fully saturated rings. The minimum Gasteiger partial charge on any atom is -0.481 e. The third kappa shape index (κ3) is 6.24. The minimum absolute atomic E-state index is 0.0123. The molecule has 0 spiro atoms. The van der Waals surface area contributed by atoms with E-state index in [1.807, 2.05) is 32.9 Å². The Morgan fingerprint density at radius 1 is 0.783 bits per heavy atom. The lowest BCUT2D eigenvalue weighted by atomic mass is 9.87. The normalized spacial score (nSPS) is 17.7. The Balaban J connectivity index is 1.93. The molecule has 3 aromatic heterocycles. The molecule has 46 heavy (non-hydrogen) atoms. The van der Waals surface area contributed by atoms with E-state index in [4.69, 9.17) is 19.4 Å². The lowest BCUT2D eigenvalue weighted by Gasteiger charge is -2.15. The molecule has 10 heteroatoms. The van der Waals surface area contributed by atoms with Gasteiger partial charge in [0.1, 0.15) is 0 Å². The lowest BCUT2D eigenvalue weighted by molar-refractivity contribution is -0.138. The van der Waals surface area contributed by atoms with Gasteiger partial charge in [-0.25, -0.2) is 4.98 Å². The van der Waals surface area contributed by atoms with Crippen LogP contribution in [0.5, 0.6) is 0 Å². The van der Waals surface area contributed by atoms with Crippen LogP contribution in [0, 0.1) is 13.8 Å². The number of hydrogen-bond donors (Lipinski definition) is 4. The lowest BCUT2D eigenvalue weighted by Crippen LogP contribution is -2.06. The molecule has 4 N–H and O–H groups in total. The van der Waals surface area contributed by atoms with Gasteiger partial charge in [-0.15, -0.1) is 0 Å². The molecule has 10 nitrogen and oxygen atoms in total. The molecule has 0 aliphatic carbocycles. The predicted molar refractivity (Wildman–Crippen MR) is 179 cm³/mol. The summed E-state index contributed by atoms with van der Waals surface area (Å²) in [5.74, 6) is -1.93. The van der Waals surface area contributed by atoms with Crippen molar-refractivity contribution in [3.05, 3.63) is 69.3 Å². The molecular weight excluding hydrogens is 584 g/mol. The second-order valence-corrected chi connectivity index (χ2v) is 12.5. The van der Waals surface area contributed by atoms with Crippen LogP contribution in [0.15, 0.2) is 24.3 Å². The number of carbonyl (C=O) groups is 2. The van der Waals surface area contributed by atoms with Crippen LogP contribution >= 0.6 is 0 Å². The Morgan fingerprint density at radius 2 is 1.35 bits per heavy atom. The Hall–Kier alpha value is -4.28. The second kappa shape index (κ2) is 13.2. The van der Waals surface area contributed by atoms with Crippen LogP contribution in [-0.2, 0) is 19.1 Å². The molecule has 5 rings (SSSR count). The van der Waals surface area contributed by atoms with Crippen molar-refractivity contribution in [1.29, 1.82) is 0 Å². The maximum atomic E-state index is 11.6. The molecule has 5 heterocycles. The quantitative estimate of drug-likeness (QED) is 0.177. The monoisotopic (exact) mass is 628 g/mol. The van der Waals surface area contributed by atoms with E-state index in [9.17, 15) is 19.8 Å². The van der Waals surface area contributed by atoms with Gasteiger partial charge >= 0.3 is 11.9 Å². The molecule has 0 saturated heterocycles. The number of hydrogen-bond acceptors (Lipinski definition) is 6. The van der Waals surface area contributed by atoms with Gasteiger partial charge in [-0.05, 0) is 94.0 Å². The highest BCUT2D eigenvalue weighted by molar-refractivity contribution is 5.93. The van der Waals surface area contributed by atoms with Crippen molar-refractivity contribution in [3.8, 4) is 0 Å². The summed E-state index contributed by atoms with van der Waals surface area (Å²) in [5, 5.41) is 19.1. The number of nitrogens with one attached hydrogen (secondary N) is 2. The van der Waals surface area contributed by atoms with Crippen LogP contribution in [0.1, 0.15) is 122 Å². The number of carboxylic acid groups (broad SMARTS) is 2. The molecule has 4 atom stereocenters. The van der Waals surface area contributed by atoms with E-state index in [1.54, 1.807) is 14.2 Å². The molecule has 0 amide bonds. The number of H-pyrrole nitrogens is 2. The number of aliphatic carboxylic acids is 2. The zero-order chi connectivity index (χ0) is 33.4. The summed E-state index contributed by atoms with van der Waals surface area (Å²) in [6.45, 7) is 12.2. The summed E-state index contributed by atoms with van der Waals surface area (Å²) in [6, 6.07) is 8.10. The highest BCUT2D eigenvalue weighted by Crippen LogP contribution is 2.42. The van der Waals surface area contributed by atoms with Gasteiger partial charge in [0.2, 0.25) is 0 Å². The first-order chi connectivity index (χ1) is 21.8. The van der Waals surface area contributed by atoms with E-state index >= 15 is 0 Å². The Morgan fingerprint density at radius 3 is 1.91 bits per heavy atom. The average molecular weight is 629 g/mol. The van der Waals surface area contributed by atoms with E-state index < -0.39 is 11.9 Å². The van der Waals surface area contributed by atoms with Gasteiger partial charge in [0, 0.05) is 83.5 Å². The van der Waals surface area contributed by atoms with Crippen LogP contribution in [0.25, 0.3) is 33.2 Å². The molecule has 3 aromatic rings. The maximum absolute atomic E-state index is 11.6. The largest absolute Gasteiger partial charge is 0.481 e. The van der Waals surface area contributed by atoms with Gasteiger partial charge in [0.15, 0.2) is 0 Å². The molecular formula is C36H44N4O6. The third-order valence-electron chi connectivity index (χ3n) is 9.75. The molecule has 0 radical (unpaired) electrons. The van der Waals surface area contributed by atoms with Gasteiger partial charge in [0.25, 0.3) is 0 Å². The third-order valence-corrected chi connectivity index (χ3v) is 9.75. The van der Waals surface area contributed by atoms with Crippen molar-refractivity contribution in [3.63, 3.8) is 0 Å². The number of aromatic amines is 2. The number of methoxy groups -OCH3 is 2. The summed E-state index contributed by atoms with van der Waals surface area (Å²) in [6.07, 6.45) is 0.331. The smallest absolute Gasteiger partial charge is 0.303 e. The fourth-order valence-electron chi connectivity index (χ4n) is 6.89. The van der Waals surface area contributed by atoms with Crippen molar-refractivity contribution in [2.24, 2.45) is 0 Å². The number of rotatable bonds is 10. The molecule has 8 bridgehead atoms. The van der Waals surface area contributed by atoms with Crippen LogP contribution in [0.3, 0.4) is 0 Å². The number of ether oxygens (including phenoxy) is 2. The van der Waals surface area contributed by atoms with Gasteiger partial charge in [-0.2, -0.15) is 0 Å². The van der Waals surface area contributed by atoms with Crippen LogP contribution in [-0.4, -0.2) is 56.3 Å². The number of nitrogens with zero attached hydrogens (tertiary/aromatic N) is 2. The van der Waals surface area contributed by atoms with Crippen molar-refractivity contribution < 1.29 is 29.3 Å². The SMILES string of the molecule is COC(C)c1c(C)c2cc3[nH]c(cc4nc(cc5nc(cc1[nH]2)C(C)=C5CCC(=O)O)C(CCC(=O)O)C4C)c(C)c3C(C)OC. The first kappa shape index (κ1) is 33.1. The predicted octanol–water partition coefficient (Wildman–Crippen LogP) is 7.89.